The summed E-state index contributed by atoms with van der Waals surface area (Å²) in [5, 5.41) is 9.87. The van der Waals surface area contributed by atoms with E-state index >= 15 is 0 Å². The van der Waals surface area contributed by atoms with Crippen molar-refractivity contribution in [3.8, 4) is 0 Å². The molecule has 0 saturated carbocycles. The fraction of sp³-hybridized carbons (Fsp3) is 0.579. The number of carbonyl (C=O) groups excluding carboxylic acids is 1. The third-order valence-electron chi connectivity index (χ3n) is 4.26. The maximum atomic E-state index is 12.1. The molecule has 1 atom stereocenters. The van der Waals surface area contributed by atoms with Gasteiger partial charge in [-0.25, -0.2) is 0 Å². The highest BCUT2D eigenvalue weighted by molar-refractivity contribution is 6.31. The van der Waals surface area contributed by atoms with Crippen LogP contribution in [0.5, 0.6) is 0 Å². The Morgan fingerprint density at radius 1 is 1.37 bits per heavy atom. The van der Waals surface area contributed by atoms with Crippen LogP contribution in [-0.2, 0) is 14.3 Å². The molecule has 1 unspecified atom stereocenters. The molecule has 7 nitrogen and oxygen atoms in total. The SMILES string of the molecule is CN=C(NCCCOC1CCOC1)NCCC(=O)Nc1cccc(Cl)c1C. The van der Waals surface area contributed by atoms with E-state index in [1.165, 1.54) is 0 Å². The third kappa shape index (κ3) is 7.74. The lowest BCUT2D eigenvalue weighted by atomic mass is 10.2. The Hall–Kier alpha value is -1.83. The van der Waals surface area contributed by atoms with Crippen LogP contribution < -0.4 is 16.0 Å². The Morgan fingerprint density at radius 2 is 2.19 bits per heavy atom. The molecular formula is C19H29ClN4O3. The summed E-state index contributed by atoms with van der Waals surface area (Å²) < 4.78 is 11.0. The fourth-order valence-electron chi connectivity index (χ4n) is 2.64. The normalized spacial score (nSPS) is 17.0. The van der Waals surface area contributed by atoms with Gasteiger partial charge >= 0.3 is 0 Å². The molecule has 1 amide bonds. The molecule has 1 aromatic carbocycles. The van der Waals surface area contributed by atoms with Crippen molar-refractivity contribution in [3.63, 3.8) is 0 Å². The molecule has 1 saturated heterocycles. The summed E-state index contributed by atoms with van der Waals surface area (Å²) in [6.07, 6.45) is 2.43. The molecule has 1 aliphatic rings. The first-order valence-electron chi connectivity index (χ1n) is 9.29. The number of guanidine groups is 1. The number of anilines is 1. The lowest BCUT2D eigenvalue weighted by molar-refractivity contribution is -0.116. The fourth-order valence-corrected chi connectivity index (χ4v) is 2.82. The van der Waals surface area contributed by atoms with Crippen molar-refractivity contribution < 1.29 is 14.3 Å². The van der Waals surface area contributed by atoms with Crippen molar-refractivity contribution in [3.05, 3.63) is 28.8 Å². The minimum atomic E-state index is -0.0736. The highest BCUT2D eigenvalue weighted by atomic mass is 35.5. The molecule has 2 rings (SSSR count). The smallest absolute Gasteiger partial charge is 0.226 e. The molecule has 0 aliphatic carbocycles. The number of halogens is 1. The average molecular weight is 397 g/mol. The summed E-state index contributed by atoms with van der Waals surface area (Å²) in [6, 6.07) is 5.46. The number of hydrogen-bond donors (Lipinski definition) is 3. The lowest BCUT2D eigenvalue weighted by Crippen LogP contribution is -2.39. The monoisotopic (exact) mass is 396 g/mol. The zero-order valence-electron chi connectivity index (χ0n) is 16.0. The van der Waals surface area contributed by atoms with Crippen LogP contribution in [0, 0.1) is 6.92 Å². The molecule has 0 bridgehead atoms. The van der Waals surface area contributed by atoms with Gasteiger partial charge in [-0.15, -0.1) is 0 Å². The predicted octanol–water partition coefficient (Wildman–Crippen LogP) is 2.34. The number of benzene rings is 1. The molecule has 1 aromatic rings. The number of nitrogens with zero attached hydrogens (tertiary/aromatic N) is 1. The van der Waals surface area contributed by atoms with Crippen LogP contribution in [0.25, 0.3) is 0 Å². The molecule has 1 aliphatic heterocycles. The quantitative estimate of drug-likeness (QED) is 0.339. The molecule has 0 radical (unpaired) electrons. The van der Waals surface area contributed by atoms with Crippen LogP contribution in [0.3, 0.4) is 0 Å². The minimum absolute atomic E-state index is 0.0736. The number of carbonyl (C=O) groups is 1. The summed E-state index contributed by atoms with van der Waals surface area (Å²) in [4.78, 5) is 16.2. The van der Waals surface area contributed by atoms with Gasteiger partial charge in [0.25, 0.3) is 0 Å². The number of rotatable bonds is 9. The van der Waals surface area contributed by atoms with Crippen molar-refractivity contribution in [2.45, 2.75) is 32.3 Å². The first-order chi connectivity index (χ1) is 13.1. The van der Waals surface area contributed by atoms with E-state index in [1.54, 1.807) is 13.1 Å². The molecular weight excluding hydrogens is 368 g/mol. The summed E-state index contributed by atoms with van der Waals surface area (Å²) in [5.74, 6) is 0.599. The number of hydrogen-bond acceptors (Lipinski definition) is 4. The van der Waals surface area contributed by atoms with E-state index < -0.39 is 0 Å². The van der Waals surface area contributed by atoms with Crippen molar-refractivity contribution in [1.29, 1.82) is 0 Å². The second-order valence-electron chi connectivity index (χ2n) is 6.35. The van der Waals surface area contributed by atoms with Gasteiger partial charge in [-0.3, -0.25) is 9.79 Å². The minimum Gasteiger partial charge on any atom is -0.379 e. The highest BCUT2D eigenvalue weighted by Gasteiger charge is 2.15. The van der Waals surface area contributed by atoms with Crippen LogP contribution in [0.4, 0.5) is 5.69 Å². The average Bonchev–Trinajstić information content (AvgIpc) is 3.17. The topological polar surface area (TPSA) is 84.0 Å². The number of amides is 1. The standard InChI is InChI=1S/C19H29ClN4O3/c1-14-16(20)5-3-6-17(14)24-18(25)7-10-23-19(21-2)22-9-4-11-27-15-8-12-26-13-15/h3,5-6,15H,4,7-13H2,1-2H3,(H,24,25)(H2,21,22,23). The number of nitrogens with one attached hydrogen (secondary N) is 3. The van der Waals surface area contributed by atoms with Gasteiger partial charge in [0.05, 0.1) is 12.7 Å². The van der Waals surface area contributed by atoms with Gasteiger partial charge < -0.3 is 25.4 Å². The van der Waals surface area contributed by atoms with E-state index in [0.717, 1.165) is 37.2 Å². The van der Waals surface area contributed by atoms with Crippen LogP contribution >= 0.6 is 11.6 Å². The summed E-state index contributed by atoms with van der Waals surface area (Å²) in [5.41, 5.74) is 1.60. The third-order valence-corrected chi connectivity index (χ3v) is 4.67. The van der Waals surface area contributed by atoms with E-state index in [-0.39, 0.29) is 12.0 Å². The van der Waals surface area contributed by atoms with E-state index in [1.807, 2.05) is 19.1 Å². The van der Waals surface area contributed by atoms with Gasteiger partial charge in [-0.1, -0.05) is 17.7 Å². The highest BCUT2D eigenvalue weighted by Crippen LogP contribution is 2.22. The lowest BCUT2D eigenvalue weighted by Gasteiger charge is -2.13. The Bertz CT molecular complexity index is 633. The summed E-state index contributed by atoms with van der Waals surface area (Å²) in [7, 11) is 1.71. The van der Waals surface area contributed by atoms with Crippen LogP contribution in [0.2, 0.25) is 5.02 Å². The van der Waals surface area contributed by atoms with Gasteiger partial charge in [0, 0.05) is 50.5 Å². The first kappa shape index (κ1) is 21.5. The van der Waals surface area contributed by atoms with Crippen molar-refractivity contribution in [2.75, 3.05) is 45.3 Å². The number of aliphatic imine (C=N–C) groups is 1. The maximum absolute atomic E-state index is 12.1. The van der Waals surface area contributed by atoms with E-state index in [9.17, 15) is 4.79 Å². The Kier molecular flexibility index (Phi) is 9.38. The molecule has 150 valence electrons. The van der Waals surface area contributed by atoms with E-state index in [4.69, 9.17) is 21.1 Å². The van der Waals surface area contributed by atoms with E-state index in [0.29, 0.717) is 37.2 Å². The summed E-state index contributed by atoms with van der Waals surface area (Å²) >= 11 is 6.07. The van der Waals surface area contributed by atoms with Crippen molar-refractivity contribution in [1.82, 2.24) is 10.6 Å². The van der Waals surface area contributed by atoms with Crippen LogP contribution in [0.1, 0.15) is 24.8 Å². The second-order valence-corrected chi connectivity index (χ2v) is 6.75. The van der Waals surface area contributed by atoms with E-state index in [2.05, 4.69) is 20.9 Å². The molecule has 0 aromatic heterocycles. The number of ether oxygens (including phenoxy) is 2. The van der Waals surface area contributed by atoms with Gasteiger partial charge in [-0.2, -0.15) is 0 Å². The van der Waals surface area contributed by atoms with Gasteiger partial charge in [-0.05, 0) is 37.5 Å². The van der Waals surface area contributed by atoms with Gasteiger partial charge in [0.1, 0.15) is 0 Å². The summed E-state index contributed by atoms with van der Waals surface area (Å²) in [6.45, 7) is 5.31. The molecule has 27 heavy (non-hydrogen) atoms. The molecule has 1 fully saturated rings. The van der Waals surface area contributed by atoms with Crippen molar-refractivity contribution in [2.24, 2.45) is 4.99 Å². The zero-order valence-corrected chi connectivity index (χ0v) is 16.8. The van der Waals surface area contributed by atoms with Crippen LogP contribution in [-0.4, -0.2) is 57.9 Å². The molecule has 3 N–H and O–H groups in total. The molecule has 8 heteroatoms. The van der Waals surface area contributed by atoms with Gasteiger partial charge in [0.2, 0.25) is 5.91 Å². The largest absolute Gasteiger partial charge is 0.379 e. The van der Waals surface area contributed by atoms with Crippen molar-refractivity contribution >= 4 is 29.2 Å². The second kappa shape index (κ2) is 11.8. The Balaban J connectivity index is 1.58. The zero-order chi connectivity index (χ0) is 19.5. The molecule has 0 spiro atoms. The first-order valence-corrected chi connectivity index (χ1v) is 9.66. The molecule has 1 heterocycles. The predicted molar refractivity (Wildman–Crippen MR) is 109 cm³/mol. The van der Waals surface area contributed by atoms with Gasteiger partial charge in [0.15, 0.2) is 5.96 Å². The van der Waals surface area contributed by atoms with Crippen LogP contribution in [0.15, 0.2) is 23.2 Å². The Labute approximate surface area is 165 Å². The maximum Gasteiger partial charge on any atom is 0.226 e. The Morgan fingerprint density at radius 3 is 2.93 bits per heavy atom.